The topological polar surface area (TPSA) is 60.9 Å². The molecule has 0 aliphatic carbocycles. The molecular formula is C17H17BrN6. The van der Waals surface area contributed by atoms with Gasteiger partial charge in [-0.2, -0.15) is 5.10 Å². The van der Waals surface area contributed by atoms with Crippen LogP contribution in [0.15, 0.2) is 35.1 Å². The van der Waals surface area contributed by atoms with Crippen LogP contribution in [0.1, 0.15) is 30.1 Å². The van der Waals surface area contributed by atoms with E-state index in [9.17, 15) is 0 Å². The summed E-state index contributed by atoms with van der Waals surface area (Å²) in [5, 5.41) is 10.2. The smallest absolute Gasteiger partial charge is 0.166 e. The molecule has 3 heterocycles. The fourth-order valence-electron chi connectivity index (χ4n) is 2.90. The van der Waals surface area contributed by atoms with Crippen molar-refractivity contribution < 1.29 is 0 Å². The number of halogens is 1. The third-order valence-corrected chi connectivity index (χ3v) is 5.43. The van der Waals surface area contributed by atoms with E-state index >= 15 is 0 Å². The molecule has 122 valence electrons. The Bertz CT molecular complexity index is 1050. The van der Waals surface area contributed by atoms with Crippen LogP contribution in [0, 0.1) is 13.8 Å². The fourth-order valence-corrected chi connectivity index (χ4v) is 3.18. The van der Waals surface area contributed by atoms with Gasteiger partial charge in [-0.3, -0.25) is 4.68 Å². The second-order valence-electron chi connectivity index (χ2n) is 6.07. The first-order valence-electron chi connectivity index (χ1n) is 7.84. The van der Waals surface area contributed by atoms with Crippen LogP contribution in [0.25, 0.3) is 16.6 Å². The van der Waals surface area contributed by atoms with Crippen molar-refractivity contribution in [1.29, 1.82) is 0 Å². The number of para-hydroxylation sites is 1. The van der Waals surface area contributed by atoms with Crippen molar-refractivity contribution in [3.8, 4) is 0 Å². The third kappa shape index (κ3) is 2.39. The van der Waals surface area contributed by atoms with E-state index in [4.69, 9.17) is 4.98 Å². The molecule has 0 spiro atoms. The summed E-state index contributed by atoms with van der Waals surface area (Å²) in [4.78, 5) is 9.19. The summed E-state index contributed by atoms with van der Waals surface area (Å²) in [5.74, 6) is 0.949. The summed E-state index contributed by atoms with van der Waals surface area (Å²) in [7, 11) is 0. The zero-order valence-corrected chi connectivity index (χ0v) is 15.3. The van der Waals surface area contributed by atoms with Crippen LogP contribution in [-0.4, -0.2) is 29.4 Å². The molecule has 0 bridgehead atoms. The lowest BCUT2D eigenvalue weighted by atomic mass is 10.1. The molecule has 0 amide bonds. The van der Waals surface area contributed by atoms with Gasteiger partial charge < -0.3 is 0 Å². The highest BCUT2D eigenvalue weighted by atomic mass is 79.9. The molecule has 0 saturated carbocycles. The lowest BCUT2D eigenvalue weighted by molar-refractivity contribution is 0.512. The quantitative estimate of drug-likeness (QED) is 0.540. The van der Waals surface area contributed by atoms with Gasteiger partial charge in [0.2, 0.25) is 0 Å². The summed E-state index contributed by atoms with van der Waals surface area (Å²) in [6, 6.07) is 7.99. The van der Waals surface area contributed by atoms with E-state index in [-0.39, 0.29) is 5.92 Å². The van der Waals surface area contributed by atoms with Crippen molar-refractivity contribution >= 4 is 32.5 Å². The zero-order chi connectivity index (χ0) is 16.8. The molecule has 0 radical (unpaired) electrons. The van der Waals surface area contributed by atoms with Crippen LogP contribution in [0.4, 0.5) is 0 Å². The Morgan fingerprint density at radius 1 is 1.17 bits per heavy atom. The van der Waals surface area contributed by atoms with Crippen molar-refractivity contribution in [3.05, 3.63) is 52.3 Å². The molecule has 4 aromatic rings. The number of hydrogen-bond acceptors (Lipinski definition) is 4. The number of rotatable bonds is 3. The highest BCUT2D eigenvalue weighted by Gasteiger charge is 2.17. The molecule has 1 aromatic carbocycles. The first kappa shape index (κ1) is 15.3. The van der Waals surface area contributed by atoms with Crippen molar-refractivity contribution in [1.82, 2.24) is 29.4 Å². The Labute approximate surface area is 147 Å². The minimum Gasteiger partial charge on any atom is -0.268 e. The second-order valence-corrected chi connectivity index (χ2v) is 6.86. The van der Waals surface area contributed by atoms with Gasteiger partial charge in [0.1, 0.15) is 6.33 Å². The summed E-state index contributed by atoms with van der Waals surface area (Å²) >= 11 is 3.57. The standard InChI is InChI=1S/C17H17BrN6/c1-10(8-23-12(3)15(18)11(2)21-23)16-20-17-13-6-4-5-7-14(13)19-9-24(17)22-16/h4-7,9-10H,8H2,1-3H3/t10-/m1/s1. The maximum atomic E-state index is 4.75. The Kier molecular flexibility index (Phi) is 3.60. The minimum absolute atomic E-state index is 0.147. The van der Waals surface area contributed by atoms with Gasteiger partial charge in [-0.15, -0.1) is 5.10 Å². The molecule has 3 aromatic heterocycles. The molecule has 6 nitrogen and oxygen atoms in total. The summed E-state index contributed by atoms with van der Waals surface area (Å²) in [5.41, 5.74) is 3.89. The molecule has 1 atom stereocenters. The number of fused-ring (bicyclic) bond motifs is 3. The van der Waals surface area contributed by atoms with E-state index < -0.39 is 0 Å². The van der Waals surface area contributed by atoms with Gasteiger partial charge in [0.15, 0.2) is 11.5 Å². The average Bonchev–Trinajstić information content (AvgIpc) is 3.13. The molecule has 4 rings (SSSR count). The Morgan fingerprint density at radius 3 is 2.71 bits per heavy atom. The average molecular weight is 385 g/mol. The van der Waals surface area contributed by atoms with Crippen LogP contribution in [-0.2, 0) is 6.54 Å². The Balaban J connectivity index is 1.73. The number of aryl methyl sites for hydroxylation is 1. The molecule has 0 N–H and O–H groups in total. The number of aromatic nitrogens is 6. The highest BCUT2D eigenvalue weighted by molar-refractivity contribution is 9.10. The fraction of sp³-hybridized carbons (Fsp3) is 0.294. The molecule has 24 heavy (non-hydrogen) atoms. The van der Waals surface area contributed by atoms with E-state index in [1.807, 2.05) is 35.9 Å². The van der Waals surface area contributed by atoms with Crippen molar-refractivity contribution in [2.45, 2.75) is 33.2 Å². The first-order chi connectivity index (χ1) is 11.5. The minimum atomic E-state index is 0.147. The summed E-state index contributed by atoms with van der Waals surface area (Å²) < 4.78 is 4.82. The largest absolute Gasteiger partial charge is 0.268 e. The van der Waals surface area contributed by atoms with Crippen molar-refractivity contribution in [3.63, 3.8) is 0 Å². The molecule has 0 saturated heterocycles. The maximum Gasteiger partial charge on any atom is 0.166 e. The van der Waals surface area contributed by atoms with Gasteiger partial charge in [0.25, 0.3) is 0 Å². The summed E-state index contributed by atoms with van der Waals surface area (Å²) in [6.07, 6.45) is 1.72. The highest BCUT2D eigenvalue weighted by Crippen LogP contribution is 2.23. The SMILES string of the molecule is Cc1nn(C[C@@H](C)c2nc3c4ccccc4ncn3n2)c(C)c1Br. The van der Waals surface area contributed by atoms with Gasteiger partial charge in [0.05, 0.1) is 22.2 Å². The van der Waals surface area contributed by atoms with E-state index in [1.165, 1.54) is 0 Å². The monoisotopic (exact) mass is 384 g/mol. The second kappa shape index (κ2) is 5.66. The molecule has 7 heteroatoms. The number of nitrogens with zero attached hydrogens (tertiary/aromatic N) is 6. The normalized spacial score (nSPS) is 13.0. The van der Waals surface area contributed by atoms with E-state index in [2.05, 4.69) is 45.0 Å². The first-order valence-corrected chi connectivity index (χ1v) is 8.63. The molecular weight excluding hydrogens is 368 g/mol. The van der Waals surface area contributed by atoms with Crippen molar-refractivity contribution in [2.75, 3.05) is 0 Å². The number of hydrogen-bond donors (Lipinski definition) is 0. The molecule has 0 unspecified atom stereocenters. The van der Waals surface area contributed by atoms with Crippen LogP contribution in [0.5, 0.6) is 0 Å². The Morgan fingerprint density at radius 2 is 1.96 bits per heavy atom. The van der Waals surface area contributed by atoms with Crippen molar-refractivity contribution in [2.24, 2.45) is 0 Å². The van der Waals surface area contributed by atoms with Gasteiger partial charge >= 0.3 is 0 Å². The molecule has 0 fully saturated rings. The maximum absolute atomic E-state index is 4.75. The molecule has 0 aliphatic rings. The lowest BCUT2D eigenvalue weighted by Gasteiger charge is -2.09. The van der Waals surface area contributed by atoms with Crippen LogP contribution in [0.2, 0.25) is 0 Å². The van der Waals surface area contributed by atoms with E-state index in [0.29, 0.717) is 0 Å². The van der Waals surface area contributed by atoms with Gasteiger partial charge in [-0.05, 0) is 41.9 Å². The Hall–Kier alpha value is -2.28. The zero-order valence-electron chi connectivity index (χ0n) is 13.7. The summed E-state index contributed by atoms with van der Waals surface area (Å²) in [6.45, 7) is 6.92. The van der Waals surface area contributed by atoms with Gasteiger partial charge in [-0.1, -0.05) is 19.1 Å². The predicted octanol–water partition coefficient (Wildman–Crippen LogP) is 3.66. The van der Waals surface area contributed by atoms with Crippen LogP contribution in [0.3, 0.4) is 0 Å². The number of benzene rings is 1. The predicted molar refractivity (Wildman–Crippen MR) is 96.1 cm³/mol. The third-order valence-electron chi connectivity index (χ3n) is 4.28. The van der Waals surface area contributed by atoms with E-state index in [0.717, 1.165) is 44.8 Å². The van der Waals surface area contributed by atoms with E-state index in [1.54, 1.807) is 10.8 Å². The van der Waals surface area contributed by atoms with Crippen LogP contribution >= 0.6 is 15.9 Å². The van der Waals surface area contributed by atoms with Crippen LogP contribution < -0.4 is 0 Å². The molecule has 0 aliphatic heterocycles. The van der Waals surface area contributed by atoms with Gasteiger partial charge in [-0.25, -0.2) is 14.5 Å². The lowest BCUT2D eigenvalue weighted by Crippen LogP contribution is -2.10. The van der Waals surface area contributed by atoms with Gasteiger partial charge in [0, 0.05) is 17.0 Å².